The second-order valence-electron chi connectivity index (χ2n) is 4.51. The molecule has 5 N–H and O–H groups in total. The molecule has 4 heteroatoms. The summed E-state index contributed by atoms with van der Waals surface area (Å²) in [6.45, 7) is 2.69. The number of carbonyl (C=O) groups is 1. The Labute approximate surface area is 112 Å². The van der Waals surface area contributed by atoms with E-state index in [-0.39, 0.29) is 0 Å². The Morgan fingerprint density at radius 3 is 2.47 bits per heavy atom. The third-order valence-electron chi connectivity index (χ3n) is 2.94. The van der Waals surface area contributed by atoms with Crippen molar-refractivity contribution in [1.82, 2.24) is 0 Å². The van der Waals surface area contributed by atoms with Gasteiger partial charge in [0.05, 0.1) is 11.4 Å². The lowest BCUT2D eigenvalue weighted by molar-refractivity contribution is 0.100. The smallest absolute Gasteiger partial charge is 0.248 e. The van der Waals surface area contributed by atoms with E-state index in [4.69, 9.17) is 11.5 Å². The minimum absolute atomic E-state index is 0.445. The van der Waals surface area contributed by atoms with Crippen molar-refractivity contribution in [2.24, 2.45) is 5.73 Å². The van der Waals surface area contributed by atoms with Crippen LogP contribution in [0.1, 0.15) is 21.5 Å². The fourth-order valence-corrected chi connectivity index (χ4v) is 1.77. The number of nitrogens with one attached hydrogen (secondary N) is 1. The van der Waals surface area contributed by atoms with Gasteiger partial charge in [-0.15, -0.1) is 0 Å². The first kappa shape index (κ1) is 13.0. The number of hydrogen-bond donors (Lipinski definition) is 3. The zero-order valence-corrected chi connectivity index (χ0v) is 10.8. The van der Waals surface area contributed by atoms with E-state index in [0.717, 1.165) is 11.3 Å². The van der Waals surface area contributed by atoms with Gasteiger partial charge in [-0.2, -0.15) is 0 Å². The molecule has 0 saturated heterocycles. The van der Waals surface area contributed by atoms with Crippen molar-refractivity contribution in [3.05, 3.63) is 59.2 Å². The zero-order chi connectivity index (χ0) is 13.8. The van der Waals surface area contributed by atoms with Gasteiger partial charge < -0.3 is 16.8 Å². The van der Waals surface area contributed by atoms with Crippen LogP contribution >= 0.6 is 0 Å². The summed E-state index contributed by atoms with van der Waals surface area (Å²) in [6.07, 6.45) is 0. The standard InChI is InChI=1S/C15H17N3O/c1-10-2-4-11(5-3-10)9-18-14-8-12(15(17)19)6-7-13(14)16/h2-8,18H,9,16H2,1H3,(H2,17,19). The van der Waals surface area contributed by atoms with Gasteiger partial charge in [-0.1, -0.05) is 29.8 Å². The Bertz CT molecular complexity index is 591. The molecule has 0 unspecified atom stereocenters. The Balaban J connectivity index is 2.12. The molecule has 0 atom stereocenters. The van der Waals surface area contributed by atoms with E-state index < -0.39 is 5.91 Å². The molecular weight excluding hydrogens is 238 g/mol. The fraction of sp³-hybridized carbons (Fsp3) is 0.133. The third-order valence-corrected chi connectivity index (χ3v) is 2.94. The van der Waals surface area contributed by atoms with Gasteiger partial charge in [0.1, 0.15) is 0 Å². The molecule has 19 heavy (non-hydrogen) atoms. The molecule has 2 aromatic carbocycles. The summed E-state index contributed by atoms with van der Waals surface area (Å²) in [7, 11) is 0. The number of nitrogens with two attached hydrogens (primary N) is 2. The summed E-state index contributed by atoms with van der Waals surface area (Å²) in [6, 6.07) is 13.2. The number of aryl methyl sites for hydroxylation is 1. The topological polar surface area (TPSA) is 81.1 Å². The van der Waals surface area contributed by atoms with Gasteiger partial charge in [-0.3, -0.25) is 4.79 Å². The van der Waals surface area contributed by atoms with Gasteiger partial charge in [0.2, 0.25) is 5.91 Å². The Morgan fingerprint density at radius 2 is 1.84 bits per heavy atom. The molecule has 2 rings (SSSR count). The van der Waals surface area contributed by atoms with Crippen LogP contribution in [0.25, 0.3) is 0 Å². The molecule has 0 aliphatic rings. The zero-order valence-electron chi connectivity index (χ0n) is 10.8. The lowest BCUT2D eigenvalue weighted by atomic mass is 10.1. The van der Waals surface area contributed by atoms with Crippen molar-refractivity contribution in [1.29, 1.82) is 0 Å². The number of primary amides is 1. The molecule has 0 spiro atoms. The van der Waals surface area contributed by atoms with Crippen molar-refractivity contribution in [3.63, 3.8) is 0 Å². The van der Waals surface area contributed by atoms with Crippen LogP contribution < -0.4 is 16.8 Å². The number of rotatable bonds is 4. The molecule has 0 aromatic heterocycles. The van der Waals surface area contributed by atoms with E-state index >= 15 is 0 Å². The van der Waals surface area contributed by atoms with Crippen LogP contribution in [-0.4, -0.2) is 5.91 Å². The Kier molecular flexibility index (Phi) is 3.71. The van der Waals surface area contributed by atoms with E-state index in [1.54, 1.807) is 18.2 Å². The molecule has 0 aliphatic carbocycles. The predicted octanol–water partition coefficient (Wildman–Crippen LogP) is 2.29. The highest BCUT2D eigenvalue weighted by atomic mass is 16.1. The number of benzene rings is 2. The van der Waals surface area contributed by atoms with Gasteiger partial charge in [-0.25, -0.2) is 0 Å². The lowest BCUT2D eigenvalue weighted by Crippen LogP contribution is -2.12. The summed E-state index contributed by atoms with van der Waals surface area (Å²) in [5, 5.41) is 3.21. The minimum Gasteiger partial charge on any atom is -0.397 e. The van der Waals surface area contributed by atoms with Crippen LogP contribution in [0.2, 0.25) is 0 Å². The van der Waals surface area contributed by atoms with Crippen LogP contribution in [0.4, 0.5) is 11.4 Å². The maximum absolute atomic E-state index is 11.1. The number of anilines is 2. The minimum atomic E-state index is -0.460. The molecule has 0 fully saturated rings. The van der Waals surface area contributed by atoms with E-state index in [1.165, 1.54) is 5.56 Å². The van der Waals surface area contributed by atoms with Crippen LogP contribution in [0, 0.1) is 6.92 Å². The maximum Gasteiger partial charge on any atom is 0.248 e. The highest BCUT2D eigenvalue weighted by Crippen LogP contribution is 2.20. The van der Waals surface area contributed by atoms with Gasteiger partial charge >= 0.3 is 0 Å². The van der Waals surface area contributed by atoms with Crippen LogP contribution in [0.5, 0.6) is 0 Å². The van der Waals surface area contributed by atoms with E-state index in [9.17, 15) is 4.79 Å². The molecule has 4 nitrogen and oxygen atoms in total. The molecule has 0 bridgehead atoms. The second kappa shape index (κ2) is 5.44. The van der Waals surface area contributed by atoms with E-state index in [0.29, 0.717) is 17.8 Å². The largest absolute Gasteiger partial charge is 0.397 e. The van der Waals surface area contributed by atoms with E-state index in [1.807, 2.05) is 6.92 Å². The summed E-state index contributed by atoms with van der Waals surface area (Å²) in [5.41, 5.74) is 15.2. The van der Waals surface area contributed by atoms with Gasteiger partial charge in [0.25, 0.3) is 0 Å². The molecule has 0 heterocycles. The number of carbonyl (C=O) groups excluding carboxylic acids is 1. The van der Waals surface area contributed by atoms with Crippen LogP contribution in [-0.2, 0) is 6.54 Å². The van der Waals surface area contributed by atoms with Crippen molar-refractivity contribution < 1.29 is 4.79 Å². The van der Waals surface area contributed by atoms with Crippen LogP contribution in [0.3, 0.4) is 0 Å². The predicted molar refractivity (Wildman–Crippen MR) is 77.9 cm³/mol. The quantitative estimate of drug-likeness (QED) is 0.733. The van der Waals surface area contributed by atoms with Crippen molar-refractivity contribution in [2.45, 2.75) is 13.5 Å². The van der Waals surface area contributed by atoms with Crippen molar-refractivity contribution in [2.75, 3.05) is 11.1 Å². The Hall–Kier alpha value is -2.49. The highest BCUT2D eigenvalue weighted by molar-refractivity contribution is 5.94. The summed E-state index contributed by atoms with van der Waals surface area (Å²) in [4.78, 5) is 11.1. The second-order valence-corrected chi connectivity index (χ2v) is 4.51. The van der Waals surface area contributed by atoms with Crippen molar-refractivity contribution in [3.8, 4) is 0 Å². The molecule has 0 radical (unpaired) electrons. The molecule has 0 saturated carbocycles. The fourth-order valence-electron chi connectivity index (χ4n) is 1.77. The average molecular weight is 255 g/mol. The molecule has 0 aliphatic heterocycles. The lowest BCUT2D eigenvalue weighted by Gasteiger charge is -2.10. The number of hydrogen-bond acceptors (Lipinski definition) is 3. The summed E-state index contributed by atoms with van der Waals surface area (Å²) in [5.74, 6) is -0.460. The number of nitrogen functional groups attached to an aromatic ring is 1. The van der Waals surface area contributed by atoms with Gasteiger partial charge in [0.15, 0.2) is 0 Å². The maximum atomic E-state index is 11.1. The number of amides is 1. The van der Waals surface area contributed by atoms with Crippen molar-refractivity contribution >= 4 is 17.3 Å². The molecule has 1 amide bonds. The third kappa shape index (κ3) is 3.25. The first-order chi connectivity index (χ1) is 9.06. The summed E-state index contributed by atoms with van der Waals surface area (Å²) >= 11 is 0. The SMILES string of the molecule is Cc1ccc(CNc2cc(C(N)=O)ccc2N)cc1. The summed E-state index contributed by atoms with van der Waals surface area (Å²) < 4.78 is 0. The van der Waals surface area contributed by atoms with Gasteiger partial charge in [-0.05, 0) is 30.7 Å². The normalized spacial score (nSPS) is 10.2. The first-order valence-electron chi connectivity index (χ1n) is 6.05. The molecule has 98 valence electrons. The molecule has 2 aromatic rings. The highest BCUT2D eigenvalue weighted by Gasteiger charge is 2.05. The van der Waals surface area contributed by atoms with Gasteiger partial charge in [0, 0.05) is 12.1 Å². The molecular formula is C15H17N3O. The Morgan fingerprint density at radius 1 is 1.16 bits per heavy atom. The van der Waals surface area contributed by atoms with E-state index in [2.05, 4.69) is 29.6 Å². The average Bonchev–Trinajstić information content (AvgIpc) is 2.39. The first-order valence-corrected chi connectivity index (χ1v) is 6.05. The monoisotopic (exact) mass is 255 g/mol. The van der Waals surface area contributed by atoms with Crippen LogP contribution in [0.15, 0.2) is 42.5 Å².